The van der Waals surface area contributed by atoms with Crippen molar-refractivity contribution in [2.75, 3.05) is 0 Å². The van der Waals surface area contributed by atoms with Gasteiger partial charge in [0.15, 0.2) is 12.4 Å². The molecule has 0 aromatic carbocycles. The zero-order valence-corrected chi connectivity index (χ0v) is 29.0. The number of hydrogen-bond acceptors (Lipinski definition) is 11. The Morgan fingerprint density at radius 2 is 1.62 bits per heavy atom. The second-order valence-electron chi connectivity index (χ2n) is 16.5. The summed E-state index contributed by atoms with van der Waals surface area (Å²) in [5.74, 6) is -1.62. The van der Waals surface area contributed by atoms with Crippen LogP contribution in [0, 0.1) is 46.3 Å². The highest BCUT2D eigenvalue weighted by Gasteiger charge is 2.67. The molecule has 0 amide bonds. The molecular formula is C33H56O13S. The standard InChI is InChI=1S/C33H56O13S/c1-16(2)7-6-10-33(5,40)28-22(34)15-20-18-14-23(46-47(41,42)43)21-13-17(8-11-31(21,3)19(18)9-12-32(20,28)4)44-30-26(37)24(35)25(36)27(45-30)29(38)39/h16-28,30,34-37,40H,6-15H2,1-5H3,(H,38,39)(H,41,42,43)/t17?,18-,19+,20+,21?,22?,23?,24+,25+,26-,27+,28+,30-,31-,32+,33+/m1/s1. The molecular weight excluding hydrogens is 636 g/mol. The number of rotatable bonds is 10. The molecule has 7 N–H and O–H groups in total. The molecule has 13 nitrogen and oxygen atoms in total. The van der Waals surface area contributed by atoms with Crippen LogP contribution in [0.4, 0.5) is 0 Å². The fraction of sp³-hybridized carbons (Fsp3) is 0.970. The lowest BCUT2D eigenvalue weighted by molar-refractivity contribution is -0.311. The molecule has 0 aromatic rings. The molecule has 0 radical (unpaired) electrons. The lowest BCUT2D eigenvalue weighted by Gasteiger charge is -2.63. The maximum atomic E-state index is 12.2. The third kappa shape index (κ3) is 7.02. The van der Waals surface area contributed by atoms with Crippen LogP contribution < -0.4 is 0 Å². The van der Waals surface area contributed by atoms with Crippen LogP contribution in [0.3, 0.4) is 0 Å². The van der Waals surface area contributed by atoms with Crippen LogP contribution in [0.25, 0.3) is 0 Å². The summed E-state index contributed by atoms with van der Waals surface area (Å²) in [7, 11) is -4.84. The molecule has 0 spiro atoms. The van der Waals surface area contributed by atoms with Crippen LogP contribution in [-0.4, -0.2) is 104 Å². The average Bonchev–Trinajstić information content (AvgIpc) is 3.23. The Bertz CT molecular complexity index is 1240. The molecule has 272 valence electrons. The summed E-state index contributed by atoms with van der Waals surface area (Å²) in [6.07, 6.45) is -4.82. The summed E-state index contributed by atoms with van der Waals surface area (Å²) in [5, 5.41) is 63.6. The van der Waals surface area contributed by atoms with Gasteiger partial charge in [-0.2, -0.15) is 8.42 Å². The van der Waals surface area contributed by atoms with Gasteiger partial charge in [-0.15, -0.1) is 0 Å². The number of aliphatic carboxylic acids is 1. The highest BCUT2D eigenvalue weighted by Crippen LogP contribution is 2.69. The van der Waals surface area contributed by atoms with E-state index in [1.807, 2.05) is 6.92 Å². The number of ether oxygens (including phenoxy) is 2. The van der Waals surface area contributed by atoms with Crippen molar-refractivity contribution < 1.29 is 62.1 Å². The fourth-order valence-corrected chi connectivity index (χ4v) is 11.7. The van der Waals surface area contributed by atoms with Crippen LogP contribution in [-0.2, 0) is 28.9 Å². The average molecular weight is 693 g/mol. The first-order valence-corrected chi connectivity index (χ1v) is 18.7. The number of carboxylic acid groups (broad SMARTS) is 1. The van der Waals surface area contributed by atoms with Crippen molar-refractivity contribution in [2.24, 2.45) is 46.3 Å². The van der Waals surface area contributed by atoms with E-state index >= 15 is 0 Å². The third-order valence-electron chi connectivity index (χ3n) is 13.2. The Morgan fingerprint density at radius 1 is 0.957 bits per heavy atom. The zero-order valence-electron chi connectivity index (χ0n) is 28.1. The van der Waals surface area contributed by atoms with E-state index in [-0.39, 0.29) is 35.5 Å². The van der Waals surface area contributed by atoms with Crippen molar-refractivity contribution in [1.29, 1.82) is 0 Å². The molecule has 47 heavy (non-hydrogen) atoms. The molecule has 1 aliphatic heterocycles. The van der Waals surface area contributed by atoms with Gasteiger partial charge in [-0.1, -0.05) is 40.5 Å². The third-order valence-corrected chi connectivity index (χ3v) is 13.6. The van der Waals surface area contributed by atoms with E-state index in [0.29, 0.717) is 38.0 Å². The van der Waals surface area contributed by atoms with Gasteiger partial charge >= 0.3 is 16.4 Å². The summed E-state index contributed by atoms with van der Waals surface area (Å²) < 4.78 is 51.0. The normalized spacial score (nSPS) is 48.3. The van der Waals surface area contributed by atoms with Crippen LogP contribution in [0.15, 0.2) is 0 Å². The molecule has 0 bridgehead atoms. The highest BCUT2D eigenvalue weighted by atomic mass is 32.3. The second kappa shape index (κ2) is 13.3. The summed E-state index contributed by atoms with van der Waals surface area (Å²) >= 11 is 0. The molecule has 5 rings (SSSR count). The van der Waals surface area contributed by atoms with E-state index in [1.165, 1.54) is 0 Å². The number of carboxylic acids is 1. The van der Waals surface area contributed by atoms with Gasteiger partial charge in [0.05, 0.1) is 23.9 Å². The Kier molecular flexibility index (Phi) is 10.6. The number of carbonyl (C=O) groups is 1. The zero-order chi connectivity index (χ0) is 34.9. The molecule has 4 saturated carbocycles. The lowest BCUT2D eigenvalue weighted by Crippen LogP contribution is -2.62. The van der Waals surface area contributed by atoms with Gasteiger partial charge in [0.2, 0.25) is 0 Å². The van der Waals surface area contributed by atoms with E-state index < -0.39 is 82.3 Å². The number of aliphatic hydroxyl groups is 5. The van der Waals surface area contributed by atoms with Gasteiger partial charge in [0.25, 0.3) is 0 Å². The highest BCUT2D eigenvalue weighted by molar-refractivity contribution is 7.80. The molecule has 16 atom stereocenters. The van der Waals surface area contributed by atoms with Crippen molar-refractivity contribution >= 4 is 16.4 Å². The minimum absolute atomic E-state index is 0.00345. The summed E-state index contributed by atoms with van der Waals surface area (Å²) in [4.78, 5) is 11.6. The molecule has 14 heteroatoms. The van der Waals surface area contributed by atoms with Gasteiger partial charge < -0.3 is 40.1 Å². The Balaban J connectivity index is 1.38. The largest absolute Gasteiger partial charge is 0.479 e. The van der Waals surface area contributed by atoms with E-state index in [1.54, 1.807) is 0 Å². The molecule has 1 saturated heterocycles. The molecule has 1 heterocycles. The van der Waals surface area contributed by atoms with Gasteiger partial charge in [-0.25, -0.2) is 8.98 Å². The first-order valence-electron chi connectivity index (χ1n) is 17.3. The summed E-state index contributed by atoms with van der Waals surface area (Å²) in [6.45, 7) is 10.4. The number of aliphatic hydroxyl groups excluding tert-OH is 4. The monoisotopic (exact) mass is 692 g/mol. The molecule has 4 unspecified atom stereocenters. The van der Waals surface area contributed by atoms with Crippen molar-refractivity contribution in [3.63, 3.8) is 0 Å². The number of hydrogen-bond donors (Lipinski definition) is 7. The fourth-order valence-electron chi connectivity index (χ4n) is 11.1. The summed E-state index contributed by atoms with van der Waals surface area (Å²) in [6, 6.07) is 0. The smallest absolute Gasteiger partial charge is 0.397 e. The van der Waals surface area contributed by atoms with E-state index in [4.69, 9.17) is 13.7 Å². The van der Waals surface area contributed by atoms with E-state index in [0.717, 1.165) is 25.7 Å². The van der Waals surface area contributed by atoms with Gasteiger partial charge in [-0.05, 0) is 98.7 Å². The van der Waals surface area contributed by atoms with Crippen molar-refractivity contribution in [2.45, 2.75) is 153 Å². The second-order valence-corrected chi connectivity index (χ2v) is 17.6. The van der Waals surface area contributed by atoms with Crippen LogP contribution in [0.5, 0.6) is 0 Å². The molecule has 0 aromatic heterocycles. The molecule has 4 aliphatic carbocycles. The Morgan fingerprint density at radius 3 is 2.23 bits per heavy atom. The topological polar surface area (TPSA) is 221 Å². The maximum Gasteiger partial charge on any atom is 0.397 e. The first-order chi connectivity index (χ1) is 21.7. The maximum absolute atomic E-state index is 12.2. The minimum Gasteiger partial charge on any atom is -0.479 e. The lowest BCUT2D eigenvalue weighted by atomic mass is 9.43. The van der Waals surface area contributed by atoms with Gasteiger partial charge in [-0.3, -0.25) is 4.55 Å². The first kappa shape index (κ1) is 37.3. The van der Waals surface area contributed by atoms with Crippen molar-refractivity contribution in [1.82, 2.24) is 0 Å². The van der Waals surface area contributed by atoms with Crippen LogP contribution >= 0.6 is 0 Å². The van der Waals surface area contributed by atoms with Crippen molar-refractivity contribution in [3.8, 4) is 0 Å². The summed E-state index contributed by atoms with van der Waals surface area (Å²) in [5.41, 5.74) is -1.89. The Hall–Kier alpha value is -0.940. The van der Waals surface area contributed by atoms with Crippen LogP contribution in [0.2, 0.25) is 0 Å². The quantitative estimate of drug-likeness (QED) is 0.129. The minimum atomic E-state index is -4.84. The van der Waals surface area contributed by atoms with E-state index in [2.05, 4.69) is 27.7 Å². The Labute approximate surface area is 277 Å². The molecule has 5 aliphatic rings. The van der Waals surface area contributed by atoms with E-state index in [9.17, 15) is 48.4 Å². The van der Waals surface area contributed by atoms with Crippen LogP contribution in [0.1, 0.15) is 98.8 Å². The van der Waals surface area contributed by atoms with Gasteiger partial charge in [0, 0.05) is 5.92 Å². The predicted octanol–water partition coefficient (Wildman–Crippen LogP) is 2.27. The predicted molar refractivity (Wildman–Crippen MR) is 167 cm³/mol. The number of fused-ring (bicyclic) bond motifs is 5. The van der Waals surface area contributed by atoms with Crippen molar-refractivity contribution in [3.05, 3.63) is 0 Å². The SMILES string of the molecule is CC(C)CCC[C@](C)(O)[C@H]1C(O)C[C@H]2[C@@H]3CC(OS(=O)(=O)O)C4CC(O[C@@H]5O[C@H](C(=O)O)[C@@H](O)[C@H](O)[C@H]5O)CC[C@]4(C)[C@H]3CC[C@@]21C. The van der Waals surface area contributed by atoms with Gasteiger partial charge in [0.1, 0.15) is 18.3 Å². The molecule has 5 fully saturated rings.